The first-order valence-corrected chi connectivity index (χ1v) is 12.2. The number of carbonyl (C=O) groups excluding carboxylic acids is 1. The molecule has 0 aliphatic carbocycles. The van der Waals surface area contributed by atoms with Crippen molar-refractivity contribution in [2.45, 2.75) is 0 Å². The number of anilines is 1. The molecule has 5 aromatic rings. The van der Waals surface area contributed by atoms with E-state index in [0.29, 0.717) is 29.3 Å². The van der Waals surface area contributed by atoms with E-state index in [1.54, 1.807) is 10.7 Å². The molecule has 2 N–H and O–H groups in total. The lowest BCUT2D eigenvalue weighted by molar-refractivity contribution is 0.0956. The number of amides is 1. The third-order valence-corrected chi connectivity index (χ3v) is 6.44. The second-order valence-electron chi connectivity index (χ2n) is 7.83. The maximum atomic E-state index is 13.0. The molecule has 0 aliphatic heterocycles. The summed E-state index contributed by atoms with van der Waals surface area (Å²) in [5.74, 6) is 0.624. The number of nitrogens with one attached hydrogen (secondary N) is 2. The Bertz CT molecular complexity index is 1500. The predicted molar refractivity (Wildman–Crippen MR) is 144 cm³/mol. The Morgan fingerprint density at radius 2 is 1.63 bits per heavy atom. The van der Waals surface area contributed by atoms with Gasteiger partial charge in [0, 0.05) is 35.3 Å². The van der Waals surface area contributed by atoms with Crippen LogP contribution in [0.5, 0.6) is 0 Å². The molecule has 35 heavy (non-hydrogen) atoms. The van der Waals surface area contributed by atoms with E-state index in [9.17, 15) is 4.79 Å². The lowest BCUT2D eigenvalue weighted by Crippen LogP contribution is -2.29. The minimum Gasteiger partial charge on any atom is -0.368 e. The minimum absolute atomic E-state index is 0.121. The zero-order valence-corrected chi connectivity index (χ0v) is 20.9. The summed E-state index contributed by atoms with van der Waals surface area (Å²) in [4.78, 5) is 17.7. The van der Waals surface area contributed by atoms with Gasteiger partial charge in [0.2, 0.25) is 0 Å². The molecule has 0 spiro atoms. The molecule has 0 saturated heterocycles. The van der Waals surface area contributed by atoms with Crippen molar-refractivity contribution < 1.29 is 4.79 Å². The molecule has 0 unspecified atom stereocenters. The van der Waals surface area contributed by atoms with Crippen LogP contribution in [0.2, 0.25) is 5.02 Å². The Morgan fingerprint density at radius 3 is 2.43 bits per heavy atom. The van der Waals surface area contributed by atoms with Gasteiger partial charge in [0.05, 0.1) is 16.4 Å². The van der Waals surface area contributed by atoms with Crippen LogP contribution in [0.4, 0.5) is 5.82 Å². The maximum Gasteiger partial charge on any atom is 0.251 e. The highest BCUT2D eigenvalue weighted by Gasteiger charge is 2.14. The summed E-state index contributed by atoms with van der Waals surface area (Å²) in [5, 5.41) is 11.4. The average Bonchev–Trinajstić information content (AvgIpc) is 3.28. The summed E-state index contributed by atoms with van der Waals surface area (Å²) >= 11 is 9.93. The summed E-state index contributed by atoms with van der Waals surface area (Å²) in [6.07, 6.45) is 1.70. The summed E-state index contributed by atoms with van der Waals surface area (Å²) < 4.78 is 2.50. The highest BCUT2D eigenvalue weighted by Crippen LogP contribution is 2.30. The van der Waals surface area contributed by atoms with Crippen molar-refractivity contribution in [3.63, 3.8) is 0 Å². The molecule has 2 heterocycles. The van der Waals surface area contributed by atoms with Crippen molar-refractivity contribution in [1.29, 1.82) is 0 Å². The van der Waals surface area contributed by atoms with Gasteiger partial charge in [-0.05, 0) is 39.2 Å². The van der Waals surface area contributed by atoms with Gasteiger partial charge in [0.1, 0.15) is 5.82 Å². The van der Waals surface area contributed by atoms with Crippen LogP contribution in [0.3, 0.4) is 0 Å². The number of rotatable bonds is 7. The Balaban J connectivity index is 1.32. The van der Waals surface area contributed by atoms with Gasteiger partial charge in [-0.2, -0.15) is 9.61 Å². The largest absolute Gasteiger partial charge is 0.368 e. The normalized spacial score (nSPS) is 10.9. The highest BCUT2D eigenvalue weighted by atomic mass is 79.9. The first-order chi connectivity index (χ1) is 17.1. The second kappa shape index (κ2) is 10.3. The van der Waals surface area contributed by atoms with Gasteiger partial charge in [-0.15, -0.1) is 0 Å². The van der Waals surface area contributed by atoms with Crippen LogP contribution in [0.25, 0.3) is 28.0 Å². The second-order valence-corrected chi connectivity index (χ2v) is 9.09. The van der Waals surface area contributed by atoms with Crippen molar-refractivity contribution in [2.24, 2.45) is 0 Å². The molecule has 0 atom stereocenters. The first-order valence-electron chi connectivity index (χ1n) is 11.1. The SMILES string of the molecule is O=C(NCCNc1cc(-c2ccccc2Cl)nc2c(Br)cnn12)c1ccccc1-c1ccccc1. The fraction of sp³-hybridized carbons (Fsp3) is 0.0741. The van der Waals surface area contributed by atoms with Gasteiger partial charge < -0.3 is 10.6 Å². The summed E-state index contributed by atoms with van der Waals surface area (Å²) in [6, 6.07) is 27.0. The van der Waals surface area contributed by atoms with E-state index >= 15 is 0 Å². The fourth-order valence-corrected chi connectivity index (χ4v) is 4.46. The van der Waals surface area contributed by atoms with E-state index in [4.69, 9.17) is 16.6 Å². The van der Waals surface area contributed by atoms with Crippen LogP contribution in [-0.4, -0.2) is 33.6 Å². The van der Waals surface area contributed by atoms with E-state index in [-0.39, 0.29) is 5.91 Å². The molecule has 5 rings (SSSR count). The van der Waals surface area contributed by atoms with Gasteiger partial charge in [0.15, 0.2) is 5.65 Å². The van der Waals surface area contributed by atoms with E-state index < -0.39 is 0 Å². The average molecular weight is 547 g/mol. The van der Waals surface area contributed by atoms with Gasteiger partial charge in [-0.1, -0.05) is 78.3 Å². The molecule has 8 heteroatoms. The third-order valence-electron chi connectivity index (χ3n) is 5.55. The standard InChI is InChI=1S/C27H21BrClN5O/c28-22-17-32-34-25(16-24(33-26(22)34)21-12-6-7-13-23(21)29)30-14-15-31-27(35)20-11-5-4-10-19(20)18-8-2-1-3-9-18/h1-13,16-17,30H,14-15H2,(H,31,35). The van der Waals surface area contributed by atoms with Crippen LogP contribution in [0, 0.1) is 0 Å². The van der Waals surface area contributed by atoms with Gasteiger partial charge in [-0.3, -0.25) is 4.79 Å². The smallest absolute Gasteiger partial charge is 0.251 e. The molecule has 3 aromatic carbocycles. The zero-order valence-electron chi connectivity index (χ0n) is 18.6. The Hall–Kier alpha value is -3.68. The number of nitrogens with zero attached hydrogens (tertiary/aromatic N) is 3. The van der Waals surface area contributed by atoms with E-state index in [2.05, 4.69) is 31.7 Å². The number of hydrogen-bond acceptors (Lipinski definition) is 4. The summed E-state index contributed by atoms with van der Waals surface area (Å²) in [6.45, 7) is 0.924. The molecule has 0 radical (unpaired) electrons. The van der Waals surface area contributed by atoms with Crippen molar-refractivity contribution in [3.05, 3.63) is 106 Å². The molecular weight excluding hydrogens is 526 g/mol. The lowest BCUT2D eigenvalue weighted by Gasteiger charge is -2.13. The molecule has 174 valence electrons. The van der Waals surface area contributed by atoms with Crippen LogP contribution in [-0.2, 0) is 0 Å². The molecule has 0 aliphatic rings. The van der Waals surface area contributed by atoms with Gasteiger partial charge in [-0.25, -0.2) is 4.98 Å². The quantitative estimate of drug-likeness (QED) is 0.234. The molecule has 2 aromatic heterocycles. The molecule has 0 saturated carbocycles. The van der Waals surface area contributed by atoms with Crippen LogP contribution >= 0.6 is 27.5 Å². The Labute approximate surface area is 216 Å². The van der Waals surface area contributed by atoms with Crippen molar-refractivity contribution in [1.82, 2.24) is 19.9 Å². The number of aromatic nitrogens is 3. The number of hydrogen-bond donors (Lipinski definition) is 2. The van der Waals surface area contributed by atoms with Crippen molar-refractivity contribution >= 4 is 44.9 Å². The van der Waals surface area contributed by atoms with Crippen LogP contribution in [0.1, 0.15) is 10.4 Å². The van der Waals surface area contributed by atoms with Crippen LogP contribution in [0.15, 0.2) is 95.6 Å². The number of fused-ring (bicyclic) bond motifs is 1. The Morgan fingerprint density at radius 1 is 0.914 bits per heavy atom. The number of carbonyl (C=O) groups is 1. The monoisotopic (exact) mass is 545 g/mol. The number of benzene rings is 3. The molecule has 0 bridgehead atoms. The van der Waals surface area contributed by atoms with Crippen molar-refractivity contribution in [2.75, 3.05) is 18.4 Å². The molecular formula is C27H21BrClN5O. The predicted octanol–water partition coefficient (Wildman–Crippen LogP) is 6.32. The summed E-state index contributed by atoms with van der Waals surface area (Å²) in [5.41, 5.74) is 4.78. The van der Waals surface area contributed by atoms with Crippen molar-refractivity contribution in [3.8, 4) is 22.4 Å². The topological polar surface area (TPSA) is 71.3 Å². The van der Waals surface area contributed by atoms with E-state index in [1.165, 1.54) is 0 Å². The maximum absolute atomic E-state index is 13.0. The lowest BCUT2D eigenvalue weighted by atomic mass is 9.99. The minimum atomic E-state index is -0.121. The fourth-order valence-electron chi connectivity index (χ4n) is 3.88. The van der Waals surface area contributed by atoms with E-state index in [1.807, 2.05) is 84.9 Å². The molecule has 6 nitrogen and oxygen atoms in total. The first kappa shape index (κ1) is 23.1. The highest BCUT2D eigenvalue weighted by molar-refractivity contribution is 9.10. The van der Waals surface area contributed by atoms with Crippen LogP contribution < -0.4 is 10.6 Å². The van der Waals surface area contributed by atoms with Gasteiger partial charge >= 0.3 is 0 Å². The van der Waals surface area contributed by atoms with Gasteiger partial charge in [0.25, 0.3) is 5.91 Å². The molecule has 0 fully saturated rings. The third kappa shape index (κ3) is 4.92. The Kier molecular flexibility index (Phi) is 6.79. The molecule has 1 amide bonds. The zero-order chi connectivity index (χ0) is 24.2. The number of halogens is 2. The summed E-state index contributed by atoms with van der Waals surface area (Å²) in [7, 11) is 0. The van der Waals surface area contributed by atoms with E-state index in [0.717, 1.165) is 32.7 Å².